The van der Waals surface area contributed by atoms with E-state index in [9.17, 15) is 4.79 Å². The Labute approximate surface area is 158 Å². The number of amides is 1. The fourth-order valence-electron chi connectivity index (χ4n) is 3.17. The molecule has 1 unspecified atom stereocenters. The fraction of sp³-hybridized carbons (Fsp3) is 0.182. The number of alkyl carbamates (subject to hydrolysis) is 1. The number of pyridine rings is 1. The van der Waals surface area contributed by atoms with E-state index in [0.717, 1.165) is 34.4 Å². The fourth-order valence-corrected chi connectivity index (χ4v) is 3.17. The molecule has 1 aromatic heterocycles. The second kappa shape index (κ2) is 7.91. The van der Waals surface area contributed by atoms with E-state index in [1.165, 1.54) is 0 Å². The number of fused-ring (bicyclic) bond motifs is 1. The van der Waals surface area contributed by atoms with Crippen molar-refractivity contribution in [1.29, 1.82) is 0 Å². The van der Waals surface area contributed by atoms with Crippen molar-refractivity contribution in [2.45, 2.75) is 19.1 Å². The van der Waals surface area contributed by atoms with Crippen molar-refractivity contribution in [3.8, 4) is 16.9 Å². The van der Waals surface area contributed by atoms with Crippen molar-refractivity contribution in [2.24, 2.45) is 0 Å². The first-order valence-corrected chi connectivity index (χ1v) is 8.93. The molecule has 136 valence electrons. The van der Waals surface area contributed by atoms with E-state index in [1.54, 1.807) is 6.20 Å². The maximum atomic E-state index is 11.9. The standard InChI is InChI=1S/C22H20N2O3/c25-22(24-13-16-6-2-1-3-7-16)26-15-19-12-17-8-4-10-20(21(17)27-19)18-9-5-11-23-14-18/h1-11,14,19H,12-13,15H2,(H,24,25). The summed E-state index contributed by atoms with van der Waals surface area (Å²) in [7, 11) is 0. The average molecular weight is 360 g/mol. The highest BCUT2D eigenvalue weighted by Crippen LogP contribution is 2.38. The van der Waals surface area contributed by atoms with Crippen LogP contribution in [0.4, 0.5) is 4.79 Å². The molecular formula is C22H20N2O3. The highest BCUT2D eigenvalue weighted by Gasteiger charge is 2.26. The number of carbonyl (C=O) groups excluding carboxylic acids is 1. The summed E-state index contributed by atoms with van der Waals surface area (Å²) in [6, 6.07) is 19.7. The number of carbonyl (C=O) groups is 1. The van der Waals surface area contributed by atoms with Crippen molar-refractivity contribution in [3.05, 3.63) is 84.2 Å². The largest absolute Gasteiger partial charge is 0.486 e. The van der Waals surface area contributed by atoms with Gasteiger partial charge in [-0.25, -0.2) is 4.79 Å². The van der Waals surface area contributed by atoms with Crippen LogP contribution < -0.4 is 10.1 Å². The lowest BCUT2D eigenvalue weighted by molar-refractivity contribution is 0.0924. The number of rotatable bonds is 5. The van der Waals surface area contributed by atoms with Gasteiger partial charge in [-0.1, -0.05) is 54.6 Å². The zero-order valence-corrected chi connectivity index (χ0v) is 14.8. The van der Waals surface area contributed by atoms with Gasteiger partial charge in [0.1, 0.15) is 18.5 Å². The topological polar surface area (TPSA) is 60.5 Å². The van der Waals surface area contributed by atoms with Gasteiger partial charge in [0.2, 0.25) is 0 Å². The summed E-state index contributed by atoms with van der Waals surface area (Å²) in [5, 5.41) is 2.76. The van der Waals surface area contributed by atoms with Gasteiger partial charge in [-0.05, 0) is 17.2 Å². The van der Waals surface area contributed by atoms with Crippen LogP contribution in [-0.2, 0) is 17.7 Å². The zero-order chi connectivity index (χ0) is 18.5. The minimum absolute atomic E-state index is 0.180. The van der Waals surface area contributed by atoms with Crippen LogP contribution in [0, 0.1) is 0 Å². The molecule has 1 aliphatic heterocycles. The van der Waals surface area contributed by atoms with Gasteiger partial charge in [-0.2, -0.15) is 0 Å². The average Bonchev–Trinajstić information content (AvgIpc) is 3.15. The number of nitrogens with one attached hydrogen (secondary N) is 1. The van der Waals surface area contributed by atoms with Gasteiger partial charge >= 0.3 is 6.09 Å². The van der Waals surface area contributed by atoms with Crippen molar-refractivity contribution in [1.82, 2.24) is 10.3 Å². The van der Waals surface area contributed by atoms with Crippen LogP contribution in [0.15, 0.2) is 73.1 Å². The highest BCUT2D eigenvalue weighted by molar-refractivity contribution is 5.72. The minimum atomic E-state index is -0.439. The van der Waals surface area contributed by atoms with Crippen molar-refractivity contribution in [2.75, 3.05) is 6.61 Å². The third-order valence-corrected chi connectivity index (χ3v) is 4.48. The number of benzene rings is 2. The molecular weight excluding hydrogens is 340 g/mol. The van der Waals surface area contributed by atoms with Crippen LogP contribution in [0.1, 0.15) is 11.1 Å². The van der Waals surface area contributed by atoms with Crippen LogP contribution in [0.25, 0.3) is 11.1 Å². The molecule has 5 heteroatoms. The molecule has 0 spiro atoms. The van der Waals surface area contributed by atoms with E-state index < -0.39 is 6.09 Å². The highest BCUT2D eigenvalue weighted by atomic mass is 16.6. The van der Waals surface area contributed by atoms with Gasteiger partial charge in [-0.3, -0.25) is 4.98 Å². The Morgan fingerprint density at radius 3 is 2.81 bits per heavy atom. The quantitative estimate of drug-likeness (QED) is 0.748. The summed E-state index contributed by atoms with van der Waals surface area (Å²) >= 11 is 0. The van der Waals surface area contributed by atoms with Crippen LogP contribution >= 0.6 is 0 Å². The SMILES string of the molecule is O=C(NCc1ccccc1)OCC1Cc2cccc(-c3cccnc3)c2O1. The Kier molecular flexibility index (Phi) is 5.01. The summed E-state index contributed by atoms with van der Waals surface area (Å²) in [5.74, 6) is 0.851. The number of aromatic nitrogens is 1. The Morgan fingerprint density at radius 2 is 2.00 bits per heavy atom. The third-order valence-electron chi connectivity index (χ3n) is 4.48. The smallest absolute Gasteiger partial charge is 0.407 e. The molecule has 27 heavy (non-hydrogen) atoms. The second-order valence-corrected chi connectivity index (χ2v) is 6.42. The molecule has 1 N–H and O–H groups in total. The normalized spacial score (nSPS) is 14.9. The third kappa shape index (κ3) is 4.08. The Hall–Kier alpha value is -3.34. The van der Waals surface area contributed by atoms with Gasteiger partial charge < -0.3 is 14.8 Å². The van der Waals surface area contributed by atoms with E-state index in [2.05, 4.69) is 10.3 Å². The first kappa shape index (κ1) is 17.1. The molecule has 2 aromatic carbocycles. The Balaban J connectivity index is 1.33. The van der Waals surface area contributed by atoms with Crippen molar-refractivity contribution < 1.29 is 14.3 Å². The molecule has 1 amide bonds. The number of ether oxygens (including phenoxy) is 2. The van der Waals surface area contributed by atoms with Crippen LogP contribution in [0.5, 0.6) is 5.75 Å². The van der Waals surface area contributed by atoms with Gasteiger partial charge in [0.15, 0.2) is 0 Å². The zero-order valence-electron chi connectivity index (χ0n) is 14.8. The molecule has 0 saturated carbocycles. The molecule has 5 nitrogen and oxygen atoms in total. The summed E-state index contributed by atoms with van der Waals surface area (Å²) in [5.41, 5.74) is 4.17. The van der Waals surface area contributed by atoms with E-state index in [1.807, 2.05) is 66.9 Å². The minimum Gasteiger partial charge on any atom is -0.486 e. The Morgan fingerprint density at radius 1 is 1.11 bits per heavy atom. The molecule has 1 atom stereocenters. The monoisotopic (exact) mass is 360 g/mol. The molecule has 0 radical (unpaired) electrons. The maximum absolute atomic E-state index is 11.9. The van der Waals surface area contributed by atoms with Gasteiger partial charge in [0, 0.05) is 36.5 Å². The molecule has 0 bridgehead atoms. The van der Waals surface area contributed by atoms with Crippen molar-refractivity contribution in [3.63, 3.8) is 0 Å². The van der Waals surface area contributed by atoms with E-state index in [-0.39, 0.29) is 12.7 Å². The molecule has 2 heterocycles. The lowest BCUT2D eigenvalue weighted by atomic mass is 10.0. The maximum Gasteiger partial charge on any atom is 0.407 e. The van der Waals surface area contributed by atoms with E-state index >= 15 is 0 Å². The number of para-hydroxylation sites is 1. The van der Waals surface area contributed by atoms with Gasteiger partial charge in [0.25, 0.3) is 0 Å². The van der Waals surface area contributed by atoms with Gasteiger partial charge in [-0.15, -0.1) is 0 Å². The molecule has 0 aliphatic carbocycles. The van der Waals surface area contributed by atoms with Crippen LogP contribution in [-0.4, -0.2) is 23.8 Å². The number of hydrogen-bond donors (Lipinski definition) is 1. The summed E-state index contributed by atoms with van der Waals surface area (Å²) in [6.07, 6.45) is 3.67. The summed E-state index contributed by atoms with van der Waals surface area (Å²) in [6.45, 7) is 0.651. The lowest BCUT2D eigenvalue weighted by Crippen LogP contribution is -2.29. The molecule has 0 saturated heterocycles. The second-order valence-electron chi connectivity index (χ2n) is 6.42. The Bertz CT molecular complexity index is 913. The lowest BCUT2D eigenvalue weighted by Gasteiger charge is -2.13. The summed E-state index contributed by atoms with van der Waals surface area (Å²) < 4.78 is 11.4. The first-order valence-electron chi connectivity index (χ1n) is 8.93. The van der Waals surface area contributed by atoms with Crippen LogP contribution in [0.2, 0.25) is 0 Å². The van der Waals surface area contributed by atoms with Crippen LogP contribution in [0.3, 0.4) is 0 Å². The molecule has 3 aromatic rings. The molecule has 4 rings (SSSR count). The van der Waals surface area contributed by atoms with E-state index in [0.29, 0.717) is 6.54 Å². The molecule has 0 fully saturated rings. The number of hydrogen-bond acceptors (Lipinski definition) is 4. The van der Waals surface area contributed by atoms with Gasteiger partial charge in [0.05, 0.1) is 0 Å². The predicted molar refractivity (Wildman–Crippen MR) is 102 cm³/mol. The first-order chi connectivity index (χ1) is 13.3. The van der Waals surface area contributed by atoms with E-state index in [4.69, 9.17) is 9.47 Å². The number of nitrogens with zero attached hydrogens (tertiary/aromatic N) is 1. The predicted octanol–water partition coefficient (Wildman–Crippen LogP) is 3.98. The summed E-state index contributed by atoms with van der Waals surface area (Å²) in [4.78, 5) is 16.1. The molecule has 1 aliphatic rings. The van der Waals surface area contributed by atoms with Crippen molar-refractivity contribution >= 4 is 6.09 Å².